The number of ether oxygens (including phenoxy) is 1. The normalized spacial score (nSPS) is 20.4. The molecule has 3 heterocycles. The summed E-state index contributed by atoms with van der Waals surface area (Å²) < 4.78 is 28.9. The molecule has 10 heteroatoms. The Kier molecular flexibility index (Phi) is 4.28. The first-order chi connectivity index (χ1) is 13.4. The van der Waals surface area contributed by atoms with Crippen LogP contribution < -0.4 is 14.6 Å². The zero-order valence-electron chi connectivity index (χ0n) is 15.1. The number of nitrogens with one attached hydrogen (secondary N) is 1. The van der Waals surface area contributed by atoms with E-state index in [0.717, 1.165) is 17.7 Å². The molecule has 1 N–H and O–H groups in total. The molecule has 0 radical (unpaired) electrons. The van der Waals surface area contributed by atoms with Gasteiger partial charge in [0.15, 0.2) is 21.7 Å². The summed E-state index contributed by atoms with van der Waals surface area (Å²) in [5.74, 6) is 1.62. The van der Waals surface area contributed by atoms with Crippen molar-refractivity contribution in [2.75, 3.05) is 18.7 Å². The van der Waals surface area contributed by atoms with Gasteiger partial charge in [-0.05, 0) is 29.4 Å². The second-order valence-electron chi connectivity index (χ2n) is 6.16. The number of sulfone groups is 1. The molecule has 9 nitrogen and oxygen atoms in total. The first-order valence-electron chi connectivity index (χ1n) is 8.27. The summed E-state index contributed by atoms with van der Waals surface area (Å²) in [4.78, 5) is 12.8. The molecule has 0 saturated heterocycles. The van der Waals surface area contributed by atoms with Crippen molar-refractivity contribution in [3.63, 3.8) is 0 Å². The summed E-state index contributed by atoms with van der Waals surface area (Å²) >= 11 is 0. The molecule has 28 heavy (non-hydrogen) atoms. The Morgan fingerprint density at radius 3 is 2.64 bits per heavy atom. The fourth-order valence-corrected chi connectivity index (χ4v) is 3.40. The number of hydrogen-bond acceptors (Lipinski definition) is 8. The quantitative estimate of drug-likeness (QED) is 0.796. The van der Waals surface area contributed by atoms with Crippen LogP contribution in [0.3, 0.4) is 0 Å². The number of benzene rings is 1. The minimum Gasteiger partial charge on any atom is -0.497 e. The Labute approximate surface area is 161 Å². The number of quaternary nitrogens is 1. The van der Waals surface area contributed by atoms with E-state index in [9.17, 15) is 8.42 Å². The highest BCUT2D eigenvalue weighted by atomic mass is 32.2. The minimum absolute atomic E-state index is 0.111. The highest BCUT2D eigenvalue weighted by molar-refractivity contribution is 7.90. The van der Waals surface area contributed by atoms with E-state index in [2.05, 4.69) is 25.4 Å². The molecule has 142 valence electrons. The molecule has 1 aromatic carbocycles. The second-order valence-corrected chi connectivity index (χ2v) is 8.18. The zero-order valence-corrected chi connectivity index (χ0v) is 16.0. The summed E-state index contributed by atoms with van der Waals surface area (Å²) in [5, 5.41) is 7.81. The molecule has 2 aromatic rings. The number of fused-ring (bicyclic) bond motifs is 1. The number of methoxy groups -OCH3 is 1. The van der Waals surface area contributed by atoms with Crippen LogP contribution in [0.25, 0.3) is 0 Å². The highest BCUT2D eigenvalue weighted by Gasteiger charge is 2.43. The van der Waals surface area contributed by atoms with Crippen LogP contribution in [0.2, 0.25) is 0 Å². The van der Waals surface area contributed by atoms with E-state index in [1.165, 1.54) is 6.20 Å². The van der Waals surface area contributed by atoms with Crippen LogP contribution in [0, 0.1) is 0 Å². The molecule has 0 bridgehead atoms. The molecule has 0 amide bonds. The molecular weight excluding hydrogens is 380 g/mol. The van der Waals surface area contributed by atoms with Crippen LogP contribution in [0.4, 0.5) is 11.4 Å². The third-order valence-electron chi connectivity index (χ3n) is 4.25. The number of rotatable bonds is 4. The van der Waals surface area contributed by atoms with Gasteiger partial charge < -0.3 is 10.1 Å². The van der Waals surface area contributed by atoms with E-state index in [1.54, 1.807) is 38.0 Å². The van der Waals surface area contributed by atoms with Gasteiger partial charge in [-0.2, -0.15) is 4.99 Å². The van der Waals surface area contributed by atoms with Crippen molar-refractivity contribution in [3.05, 3.63) is 55.1 Å². The molecular formula is C18H17N6O3S+. The van der Waals surface area contributed by atoms with Crippen LogP contribution >= 0.6 is 0 Å². The molecule has 2 aliphatic rings. The predicted molar refractivity (Wildman–Crippen MR) is 108 cm³/mol. The molecule has 1 atom stereocenters. The fraction of sp³-hybridized carbons (Fsp3) is 0.111. The van der Waals surface area contributed by atoms with Gasteiger partial charge in [0, 0.05) is 24.2 Å². The van der Waals surface area contributed by atoms with Gasteiger partial charge in [-0.3, -0.25) is 9.98 Å². The minimum atomic E-state index is -3.41. The third-order valence-corrected chi connectivity index (χ3v) is 5.33. The van der Waals surface area contributed by atoms with Crippen molar-refractivity contribution in [1.29, 1.82) is 0 Å². The Balaban J connectivity index is 1.74. The summed E-state index contributed by atoms with van der Waals surface area (Å²) in [6.45, 7) is 0. The van der Waals surface area contributed by atoms with Crippen LogP contribution in [-0.2, 0) is 9.84 Å². The molecule has 0 fully saturated rings. The van der Waals surface area contributed by atoms with Gasteiger partial charge in [0.1, 0.15) is 12.0 Å². The van der Waals surface area contributed by atoms with Crippen molar-refractivity contribution in [3.8, 4) is 5.75 Å². The standard InChI is InChI=1S/C18H17N6O3S/c1-27-15-5-3-13(4-6-15)21-18-22-17-12-19-7-8-24(17,23-18)14-9-16(11-20-10-14)28(2,25)26/h3-12H,1-2H3,(H,21,23)/q+1. The average Bonchev–Trinajstić information content (AvgIpc) is 3.07. The predicted octanol–water partition coefficient (Wildman–Crippen LogP) is 2.15. The van der Waals surface area contributed by atoms with E-state index in [-0.39, 0.29) is 9.49 Å². The maximum Gasteiger partial charge on any atom is 0.287 e. The number of aromatic nitrogens is 1. The van der Waals surface area contributed by atoms with Gasteiger partial charge in [0.05, 0.1) is 24.4 Å². The average molecular weight is 397 g/mol. The lowest BCUT2D eigenvalue weighted by Gasteiger charge is -2.23. The largest absolute Gasteiger partial charge is 0.497 e. The van der Waals surface area contributed by atoms with Gasteiger partial charge in [0.2, 0.25) is 0 Å². The fourth-order valence-electron chi connectivity index (χ4n) is 2.81. The van der Waals surface area contributed by atoms with Crippen molar-refractivity contribution in [2.24, 2.45) is 15.1 Å². The first kappa shape index (κ1) is 18.0. The Morgan fingerprint density at radius 2 is 1.93 bits per heavy atom. The number of guanidine groups is 1. The van der Waals surface area contributed by atoms with E-state index >= 15 is 0 Å². The highest BCUT2D eigenvalue weighted by Crippen LogP contribution is 2.32. The molecule has 1 aromatic heterocycles. The van der Waals surface area contributed by atoms with Crippen LogP contribution in [0.1, 0.15) is 0 Å². The summed E-state index contributed by atoms with van der Waals surface area (Å²) in [5.41, 5.74) is 1.32. The lowest BCUT2D eigenvalue weighted by molar-refractivity contribution is 0.415. The summed E-state index contributed by atoms with van der Waals surface area (Å²) in [7, 11) is -1.81. The Bertz CT molecular complexity index is 1150. The number of nitrogens with zero attached hydrogens (tertiary/aromatic N) is 5. The van der Waals surface area contributed by atoms with Gasteiger partial charge in [-0.1, -0.05) is 4.59 Å². The maximum atomic E-state index is 11.9. The lowest BCUT2D eigenvalue weighted by Crippen LogP contribution is -2.44. The maximum absolute atomic E-state index is 11.9. The number of aliphatic imine (C=N–C) groups is 2. The van der Waals surface area contributed by atoms with Crippen LogP contribution in [0.5, 0.6) is 5.75 Å². The lowest BCUT2D eigenvalue weighted by atomic mass is 10.3. The number of pyridine rings is 1. The van der Waals surface area contributed by atoms with E-state index in [4.69, 9.17) is 4.74 Å². The monoisotopic (exact) mass is 397 g/mol. The summed E-state index contributed by atoms with van der Waals surface area (Å²) in [6.07, 6.45) is 8.90. The van der Waals surface area contributed by atoms with Gasteiger partial charge >= 0.3 is 0 Å². The van der Waals surface area contributed by atoms with Crippen molar-refractivity contribution < 1.29 is 13.2 Å². The van der Waals surface area contributed by atoms with E-state index in [0.29, 0.717) is 17.5 Å². The summed E-state index contributed by atoms with van der Waals surface area (Å²) in [6, 6.07) is 8.88. The first-order valence-corrected chi connectivity index (χ1v) is 10.2. The Hall–Kier alpha value is -3.37. The van der Waals surface area contributed by atoms with Crippen molar-refractivity contribution in [2.45, 2.75) is 4.90 Å². The topological polar surface area (TPSA) is 105 Å². The number of anilines is 1. The van der Waals surface area contributed by atoms with E-state index < -0.39 is 9.84 Å². The molecule has 0 spiro atoms. The molecule has 2 aliphatic heterocycles. The Morgan fingerprint density at radius 1 is 1.14 bits per heavy atom. The number of hydrogen-bond donors (Lipinski definition) is 1. The van der Waals surface area contributed by atoms with Crippen LogP contribution in [-0.4, -0.2) is 44.8 Å². The van der Waals surface area contributed by atoms with Gasteiger partial charge in [-0.15, -0.1) is 0 Å². The van der Waals surface area contributed by atoms with Crippen LogP contribution in [0.15, 0.2) is 75.1 Å². The van der Waals surface area contributed by atoms with Gasteiger partial charge in [-0.25, -0.2) is 8.42 Å². The van der Waals surface area contributed by atoms with Crippen molar-refractivity contribution in [1.82, 2.24) is 9.58 Å². The second kappa shape index (κ2) is 6.66. The zero-order chi connectivity index (χ0) is 19.8. The molecule has 1 unspecified atom stereocenters. The van der Waals surface area contributed by atoms with Gasteiger partial charge in [0.25, 0.3) is 11.8 Å². The smallest absolute Gasteiger partial charge is 0.287 e. The molecule has 0 aliphatic carbocycles. The molecule has 0 saturated carbocycles. The third kappa shape index (κ3) is 3.19. The van der Waals surface area contributed by atoms with E-state index in [1.807, 2.05) is 24.3 Å². The number of amidine groups is 1. The van der Waals surface area contributed by atoms with Crippen molar-refractivity contribution >= 4 is 39.2 Å². The molecule has 4 rings (SSSR count). The SMILES string of the molecule is COc1ccc(NC2=N[N+]3(c4cncc(S(C)(=O)=O)c4)C=CN=CC3=N2)cc1.